The topological polar surface area (TPSA) is 60.0 Å². The molecule has 2 N–H and O–H groups in total. The summed E-state index contributed by atoms with van der Waals surface area (Å²) in [6.07, 6.45) is 3.43. The highest BCUT2D eigenvalue weighted by atomic mass is 16.2. The van der Waals surface area contributed by atoms with Crippen molar-refractivity contribution in [1.82, 2.24) is 20.4 Å². The van der Waals surface area contributed by atoms with E-state index < -0.39 is 0 Å². The first-order chi connectivity index (χ1) is 15.9. The maximum Gasteiger partial charge on any atom is 0.253 e. The molecule has 6 heteroatoms. The van der Waals surface area contributed by atoms with Crippen molar-refractivity contribution in [2.24, 2.45) is 10.9 Å². The number of carbonyl (C=O) groups is 1. The van der Waals surface area contributed by atoms with Gasteiger partial charge in [0.05, 0.1) is 0 Å². The van der Waals surface area contributed by atoms with E-state index in [0.717, 1.165) is 49.1 Å². The van der Waals surface area contributed by atoms with Gasteiger partial charge < -0.3 is 15.5 Å². The van der Waals surface area contributed by atoms with Crippen molar-refractivity contribution in [2.75, 3.05) is 40.8 Å². The van der Waals surface area contributed by atoms with Crippen molar-refractivity contribution in [3.63, 3.8) is 0 Å². The Kier molecular flexibility index (Phi) is 9.31. The van der Waals surface area contributed by atoms with E-state index in [2.05, 4.69) is 57.8 Å². The minimum Gasteiger partial charge on any atom is -0.356 e. The molecule has 178 valence electrons. The number of nitrogens with zero attached hydrogens (tertiary/aromatic N) is 3. The van der Waals surface area contributed by atoms with Crippen LogP contribution in [0.4, 0.5) is 0 Å². The van der Waals surface area contributed by atoms with Crippen LogP contribution < -0.4 is 10.6 Å². The van der Waals surface area contributed by atoms with Gasteiger partial charge in [-0.05, 0) is 67.1 Å². The standard InChI is InChI=1S/C27H39N5O/c1-21-12-15-32(16-13-21)20-24-9-5-8-23(17-24)19-30-27(28-2)29-14-11-22-7-6-10-25(18-22)26(33)31(3)4/h5-10,17-18,21H,11-16,19-20H2,1-4H3,(H2,28,29,30). The molecule has 1 heterocycles. The number of likely N-dealkylation sites (tertiary alicyclic amines) is 1. The van der Waals surface area contributed by atoms with Crippen molar-refractivity contribution in [1.29, 1.82) is 0 Å². The zero-order valence-electron chi connectivity index (χ0n) is 20.6. The van der Waals surface area contributed by atoms with Gasteiger partial charge in [0.1, 0.15) is 0 Å². The van der Waals surface area contributed by atoms with Gasteiger partial charge in [0, 0.05) is 46.3 Å². The first-order valence-electron chi connectivity index (χ1n) is 12.0. The van der Waals surface area contributed by atoms with Gasteiger partial charge in [0.25, 0.3) is 5.91 Å². The predicted octanol–water partition coefficient (Wildman–Crippen LogP) is 3.53. The molecule has 0 spiro atoms. The first kappa shape index (κ1) is 24.8. The average molecular weight is 450 g/mol. The fourth-order valence-electron chi connectivity index (χ4n) is 4.17. The molecule has 33 heavy (non-hydrogen) atoms. The van der Waals surface area contributed by atoms with Crippen LogP contribution in [0, 0.1) is 5.92 Å². The minimum absolute atomic E-state index is 0.0272. The minimum atomic E-state index is 0.0272. The summed E-state index contributed by atoms with van der Waals surface area (Å²) in [4.78, 5) is 20.7. The van der Waals surface area contributed by atoms with Crippen LogP contribution in [0.2, 0.25) is 0 Å². The lowest BCUT2D eigenvalue weighted by Gasteiger charge is -2.30. The van der Waals surface area contributed by atoms with Crippen LogP contribution in [0.15, 0.2) is 53.5 Å². The molecule has 0 aromatic heterocycles. The van der Waals surface area contributed by atoms with Crippen molar-refractivity contribution in [3.8, 4) is 0 Å². The van der Waals surface area contributed by atoms with Crippen LogP contribution >= 0.6 is 0 Å². The quantitative estimate of drug-likeness (QED) is 0.478. The highest BCUT2D eigenvalue weighted by molar-refractivity contribution is 5.94. The van der Waals surface area contributed by atoms with E-state index >= 15 is 0 Å². The fourth-order valence-corrected chi connectivity index (χ4v) is 4.17. The Labute approximate surface area is 199 Å². The van der Waals surface area contributed by atoms with Gasteiger partial charge in [-0.3, -0.25) is 14.7 Å². The van der Waals surface area contributed by atoms with Crippen LogP contribution in [0.3, 0.4) is 0 Å². The van der Waals surface area contributed by atoms with Gasteiger partial charge in [-0.2, -0.15) is 0 Å². The highest BCUT2D eigenvalue weighted by Crippen LogP contribution is 2.18. The summed E-state index contributed by atoms with van der Waals surface area (Å²) in [6.45, 7) is 7.26. The molecule has 2 aromatic carbocycles. The molecule has 0 radical (unpaired) electrons. The SMILES string of the molecule is CN=C(NCCc1cccc(C(=O)N(C)C)c1)NCc1cccc(CN2CCC(C)CC2)c1. The van der Waals surface area contributed by atoms with E-state index in [4.69, 9.17) is 0 Å². The number of rotatable bonds is 8. The molecular weight excluding hydrogens is 410 g/mol. The maximum absolute atomic E-state index is 12.2. The maximum atomic E-state index is 12.2. The molecule has 1 aliphatic rings. The van der Waals surface area contributed by atoms with Crippen molar-refractivity contribution in [2.45, 2.75) is 39.3 Å². The van der Waals surface area contributed by atoms with E-state index in [-0.39, 0.29) is 5.91 Å². The zero-order valence-corrected chi connectivity index (χ0v) is 20.6. The number of nitrogens with one attached hydrogen (secondary N) is 2. The zero-order chi connectivity index (χ0) is 23.6. The average Bonchev–Trinajstić information content (AvgIpc) is 2.82. The van der Waals surface area contributed by atoms with Crippen LogP contribution in [-0.4, -0.2) is 62.4 Å². The van der Waals surface area contributed by atoms with Crippen LogP contribution in [-0.2, 0) is 19.5 Å². The van der Waals surface area contributed by atoms with Crippen molar-refractivity contribution < 1.29 is 4.79 Å². The number of carbonyl (C=O) groups excluding carboxylic acids is 1. The number of benzene rings is 2. The largest absolute Gasteiger partial charge is 0.356 e. The Morgan fingerprint density at radius 2 is 1.73 bits per heavy atom. The molecule has 1 fully saturated rings. The molecule has 0 aliphatic carbocycles. The first-order valence-corrected chi connectivity index (χ1v) is 12.0. The smallest absolute Gasteiger partial charge is 0.253 e. The summed E-state index contributed by atoms with van der Waals surface area (Å²) >= 11 is 0. The van der Waals surface area contributed by atoms with Gasteiger partial charge in [-0.15, -0.1) is 0 Å². The molecule has 0 atom stereocenters. The van der Waals surface area contributed by atoms with E-state index in [9.17, 15) is 4.79 Å². The number of hydrogen-bond acceptors (Lipinski definition) is 3. The highest BCUT2D eigenvalue weighted by Gasteiger charge is 2.15. The molecule has 6 nitrogen and oxygen atoms in total. The summed E-state index contributed by atoms with van der Waals surface area (Å²) in [5.41, 5.74) is 4.49. The van der Waals surface area contributed by atoms with Gasteiger partial charge in [-0.1, -0.05) is 43.3 Å². The van der Waals surface area contributed by atoms with Crippen LogP contribution in [0.5, 0.6) is 0 Å². The van der Waals surface area contributed by atoms with E-state index in [1.165, 1.54) is 37.1 Å². The predicted molar refractivity (Wildman–Crippen MR) is 136 cm³/mol. The van der Waals surface area contributed by atoms with Gasteiger partial charge in [0.15, 0.2) is 5.96 Å². The van der Waals surface area contributed by atoms with Crippen LogP contribution in [0.1, 0.15) is 46.8 Å². The monoisotopic (exact) mass is 449 g/mol. The van der Waals surface area contributed by atoms with E-state index in [1.54, 1.807) is 26.0 Å². The van der Waals surface area contributed by atoms with E-state index in [1.807, 2.05) is 18.2 Å². The Hall–Kier alpha value is -2.86. The lowest BCUT2D eigenvalue weighted by atomic mass is 9.98. The number of aliphatic imine (C=N–C) groups is 1. The summed E-state index contributed by atoms with van der Waals surface area (Å²) < 4.78 is 0. The molecule has 0 unspecified atom stereocenters. The normalized spacial score (nSPS) is 15.3. The fraction of sp³-hybridized carbons (Fsp3) is 0.481. The molecule has 1 saturated heterocycles. The number of piperidine rings is 1. The number of hydrogen-bond donors (Lipinski definition) is 2. The third-order valence-corrected chi connectivity index (χ3v) is 6.24. The summed E-state index contributed by atoms with van der Waals surface area (Å²) in [7, 11) is 5.34. The van der Waals surface area contributed by atoms with Crippen LogP contribution in [0.25, 0.3) is 0 Å². The Bertz CT molecular complexity index is 932. The number of amides is 1. The third kappa shape index (κ3) is 7.90. The van der Waals surface area contributed by atoms with Gasteiger partial charge in [0.2, 0.25) is 0 Å². The van der Waals surface area contributed by atoms with Gasteiger partial charge in [-0.25, -0.2) is 0 Å². The van der Waals surface area contributed by atoms with Crippen molar-refractivity contribution in [3.05, 3.63) is 70.8 Å². The molecule has 0 saturated carbocycles. The van der Waals surface area contributed by atoms with Gasteiger partial charge >= 0.3 is 0 Å². The lowest BCUT2D eigenvalue weighted by molar-refractivity contribution is 0.0827. The summed E-state index contributed by atoms with van der Waals surface area (Å²) in [6, 6.07) is 16.7. The molecule has 3 rings (SSSR count). The lowest BCUT2D eigenvalue weighted by Crippen LogP contribution is -2.37. The summed E-state index contributed by atoms with van der Waals surface area (Å²) in [5.74, 6) is 1.67. The summed E-state index contributed by atoms with van der Waals surface area (Å²) in [5, 5.41) is 6.80. The van der Waals surface area contributed by atoms with Crippen molar-refractivity contribution >= 4 is 11.9 Å². The van der Waals surface area contributed by atoms with E-state index in [0.29, 0.717) is 0 Å². The molecule has 1 aliphatic heterocycles. The second-order valence-corrected chi connectivity index (χ2v) is 9.28. The molecule has 1 amide bonds. The second kappa shape index (κ2) is 12.4. The Morgan fingerprint density at radius 1 is 1.03 bits per heavy atom. The second-order valence-electron chi connectivity index (χ2n) is 9.28. The number of guanidine groups is 1. The Morgan fingerprint density at radius 3 is 2.45 bits per heavy atom. The molecule has 0 bridgehead atoms. The molecular formula is C27H39N5O. The molecule has 2 aromatic rings. The third-order valence-electron chi connectivity index (χ3n) is 6.24. The Balaban J connectivity index is 1.45.